The zero-order chi connectivity index (χ0) is 27.9. The molecule has 3 saturated heterocycles. The van der Waals surface area contributed by atoms with Gasteiger partial charge in [0, 0.05) is 35.9 Å². The zero-order valence-corrected chi connectivity index (χ0v) is 24.1. The summed E-state index contributed by atoms with van der Waals surface area (Å²) in [5, 5.41) is 6.81. The Labute approximate surface area is 241 Å². The Balaban J connectivity index is 1.26. The van der Waals surface area contributed by atoms with Gasteiger partial charge in [0.25, 0.3) is 0 Å². The highest BCUT2D eigenvalue weighted by atomic mass is 35.5. The van der Waals surface area contributed by atoms with E-state index in [1.807, 2.05) is 12.2 Å². The molecule has 1 aromatic carbocycles. The molecule has 3 amide bonds. The van der Waals surface area contributed by atoms with Crippen LogP contribution in [0.25, 0.3) is 0 Å². The number of piperidine rings is 1. The van der Waals surface area contributed by atoms with Crippen LogP contribution in [0.15, 0.2) is 36.4 Å². The highest BCUT2D eigenvalue weighted by Crippen LogP contribution is 2.55. The Kier molecular flexibility index (Phi) is 7.94. The summed E-state index contributed by atoms with van der Waals surface area (Å²) in [6.45, 7) is 4.40. The summed E-state index contributed by atoms with van der Waals surface area (Å²) in [5.74, 6) is -2.02. The van der Waals surface area contributed by atoms with Crippen molar-refractivity contribution in [3.05, 3.63) is 41.4 Å². The fourth-order valence-corrected chi connectivity index (χ4v) is 7.97. The van der Waals surface area contributed by atoms with Crippen molar-refractivity contribution in [1.82, 2.24) is 15.1 Å². The van der Waals surface area contributed by atoms with Gasteiger partial charge in [0.15, 0.2) is 0 Å². The first-order valence-electron chi connectivity index (χ1n) is 15.2. The van der Waals surface area contributed by atoms with E-state index in [0.29, 0.717) is 23.3 Å². The van der Waals surface area contributed by atoms with Crippen molar-refractivity contribution in [3.63, 3.8) is 0 Å². The molecular formula is C31H41ClN4O4. The van der Waals surface area contributed by atoms with Crippen LogP contribution in [0.4, 0.5) is 5.69 Å². The molecule has 8 nitrogen and oxygen atoms in total. The third-order valence-corrected chi connectivity index (χ3v) is 10.1. The summed E-state index contributed by atoms with van der Waals surface area (Å²) < 4.78 is 6.50. The number of carbonyl (C=O) groups is 3. The van der Waals surface area contributed by atoms with Crippen molar-refractivity contribution >= 4 is 35.0 Å². The van der Waals surface area contributed by atoms with E-state index in [9.17, 15) is 14.4 Å². The summed E-state index contributed by atoms with van der Waals surface area (Å²) >= 11 is 6.02. The van der Waals surface area contributed by atoms with Crippen molar-refractivity contribution in [3.8, 4) is 0 Å². The first kappa shape index (κ1) is 27.7. The molecule has 4 fully saturated rings. The van der Waals surface area contributed by atoms with Gasteiger partial charge in [-0.2, -0.15) is 0 Å². The molecular weight excluding hydrogens is 528 g/mol. The van der Waals surface area contributed by atoms with E-state index in [1.54, 1.807) is 29.2 Å². The molecule has 6 rings (SSSR count). The van der Waals surface area contributed by atoms with Crippen molar-refractivity contribution in [1.29, 1.82) is 0 Å². The Bertz CT molecular complexity index is 1150. The molecule has 1 saturated carbocycles. The maximum absolute atomic E-state index is 14.2. The Morgan fingerprint density at radius 1 is 1.02 bits per heavy atom. The van der Waals surface area contributed by atoms with Gasteiger partial charge in [0.1, 0.15) is 11.6 Å². The second-order valence-corrected chi connectivity index (χ2v) is 12.6. The fraction of sp³-hybridized carbons (Fsp3) is 0.645. The summed E-state index contributed by atoms with van der Waals surface area (Å²) in [6, 6.07) is 6.75. The number of hydrogen-bond acceptors (Lipinski definition) is 5. The lowest BCUT2D eigenvalue weighted by Crippen LogP contribution is -2.57. The van der Waals surface area contributed by atoms with E-state index < -0.39 is 29.6 Å². The molecule has 0 radical (unpaired) electrons. The molecule has 40 heavy (non-hydrogen) atoms. The largest absolute Gasteiger partial charge is 0.359 e. The molecule has 1 spiro atoms. The molecule has 1 aromatic rings. The second kappa shape index (κ2) is 11.5. The minimum Gasteiger partial charge on any atom is -0.359 e. The van der Waals surface area contributed by atoms with Crippen LogP contribution in [-0.2, 0) is 19.1 Å². The summed E-state index contributed by atoms with van der Waals surface area (Å²) in [5.41, 5.74) is -0.519. The van der Waals surface area contributed by atoms with E-state index in [2.05, 4.69) is 22.5 Å². The highest BCUT2D eigenvalue weighted by Gasteiger charge is 2.72. The number of nitrogens with one attached hydrogen (secondary N) is 2. The monoisotopic (exact) mass is 568 g/mol. The van der Waals surface area contributed by atoms with Gasteiger partial charge in [0.2, 0.25) is 17.7 Å². The Morgan fingerprint density at radius 2 is 1.77 bits per heavy atom. The van der Waals surface area contributed by atoms with E-state index >= 15 is 0 Å². The van der Waals surface area contributed by atoms with Gasteiger partial charge in [-0.3, -0.25) is 19.3 Å². The minimum atomic E-state index is -1.13. The van der Waals surface area contributed by atoms with Crippen molar-refractivity contribution in [2.24, 2.45) is 11.8 Å². The topological polar surface area (TPSA) is 91.0 Å². The van der Waals surface area contributed by atoms with Crippen molar-refractivity contribution < 1.29 is 19.1 Å². The molecule has 4 aliphatic heterocycles. The van der Waals surface area contributed by atoms with E-state index in [0.717, 1.165) is 51.6 Å². The van der Waals surface area contributed by atoms with Gasteiger partial charge < -0.3 is 20.3 Å². The number of amides is 3. The average molecular weight is 569 g/mol. The number of benzene rings is 1. The average Bonchev–Trinajstić information content (AvgIpc) is 3.61. The number of fused-ring (bicyclic) bond motifs is 1. The maximum Gasteiger partial charge on any atom is 0.246 e. The lowest BCUT2D eigenvalue weighted by atomic mass is 9.74. The molecule has 216 valence electrons. The van der Waals surface area contributed by atoms with Gasteiger partial charge >= 0.3 is 0 Å². The molecule has 5 aliphatic rings. The van der Waals surface area contributed by atoms with Crippen molar-refractivity contribution in [2.75, 3.05) is 25.0 Å². The van der Waals surface area contributed by atoms with E-state index in [-0.39, 0.29) is 23.8 Å². The minimum absolute atomic E-state index is 0.117. The highest BCUT2D eigenvalue weighted by molar-refractivity contribution is 6.30. The number of likely N-dealkylation sites (tertiary alicyclic amines) is 2. The Hall–Kier alpha value is -2.42. The number of halogens is 1. The third kappa shape index (κ3) is 4.96. The quantitative estimate of drug-likeness (QED) is 0.460. The van der Waals surface area contributed by atoms with Crippen LogP contribution in [0, 0.1) is 11.8 Å². The maximum atomic E-state index is 14.2. The molecule has 4 heterocycles. The van der Waals surface area contributed by atoms with Crippen LogP contribution in [0.5, 0.6) is 0 Å². The number of hydrogen-bond donors (Lipinski definition) is 2. The summed E-state index contributed by atoms with van der Waals surface area (Å²) in [6.07, 6.45) is 13.2. The Morgan fingerprint density at radius 3 is 2.52 bits per heavy atom. The summed E-state index contributed by atoms with van der Waals surface area (Å²) in [4.78, 5) is 46.1. The standard InChI is InChI=1S/C31H41ClN4O4/c1-2-23-10-6-7-17-35(23)18-19-36-27(29(38)34-21-8-4-3-5-9-21)31-16-15-24(40-31)25(26(31)30(36)39)28(37)33-22-13-11-20(32)12-14-22/h11-16,21,23-27H,2-10,17-19H2,1H3,(H,33,37)(H,34,38)/t23-,24+,25+,26+,27+,31+/m1/s1. The lowest BCUT2D eigenvalue weighted by Gasteiger charge is -2.38. The number of nitrogens with zero attached hydrogens (tertiary/aromatic N) is 2. The molecule has 0 unspecified atom stereocenters. The summed E-state index contributed by atoms with van der Waals surface area (Å²) in [7, 11) is 0. The van der Waals surface area contributed by atoms with Crippen LogP contribution >= 0.6 is 11.6 Å². The van der Waals surface area contributed by atoms with Crippen LogP contribution in [0.3, 0.4) is 0 Å². The number of rotatable bonds is 8. The second-order valence-electron chi connectivity index (χ2n) is 12.2. The first-order chi connectivity index (χ1) is 19.4. The van der Waals surface area contributed by atoms with E-state index in [1.165, 1.54) is 19.3 Å². The molecule has 0 aromatic heterocycles. The molecule has 2 bridgehead atoms. The van der Waals surface area contributed by atoms with E-state index in [4.69, 9.17) is 16.3 Å². The smallest absolute Gasteiger partial charge is 0.246 e. The van der Waals surface area contributed by atoms with Gasteiger partial charge in [-0.15, -0.1) is 0 Å². The number of ether oxygens (including phenoxy) is 1. The first-order valence-corrected chi connectivity index (χ1v) is 15.6. The third-order valence-electron chi connectivity index (χ3n) is 9.84. The predicted molar refractivity (Wildman–Crippen MR) is 154 cm³/mol. The fourth-order valence-electron chi connectivity index (χ4n) is 7.85. The zero-order valence-electron chi connectivity index (χ0n) is 23.3. The molecule has 9 heteroatoms. The lowest BCUT2D eigenvalue weighted by molar-refractivity contribution is -0.141. The van der Waals surface area contributed by atoms with Gasteiger partial charge in [0.05, 0.1) is 17.9 Å². The SMILES string of the molecule is CC[C@@H]1CCCCN1CCN1C(=O)[C@@H]2[C@@H](C(=O)Nc3ccc(Cl)cc3)[C@@H]3C=C[C@@]2(O3)[C@@H]1C(=O)NC1CCCCC1. The van der Waals surface area contributed by atoms with Crippen LogP contribution in [0.2, 0.25) is 5.02 Å². The van der Waals surface area contributed by atoms with Gasteiger partial charge in [-0.25, -0.2) is 0 Å². The van der Waals surface area contributed by atoms with Crippen LogP contribution in [0.1, 0.15) is 64.7 Å². The number of anilines is 1. The van der Waals surface area contributed by atoms with Gasteiger partial charge in [-0.05, 0) is 62.9 Å². The van der Waals surface area contributed by atoms with Gasteiger partial charge in [-0.1, -0.05) is 56.4 Å². The molecule has 2 N–H and O–H groups in total. The van der Waals surface area contributed by atoms with Crippen molar-refractivity contribution in [2.45, 2.75) is 94.5 Å². The molecule has 6 atom stereocenters. The predicted octanol–water partition coefficient (Wildman–Crippen LogP) is 4.14. The number of carbonyl (C=O) groups excluding carboxylic acids is 3. The van der Waals surface area contributed by atoms with Crippen LogP contribution in [-0.4, -0.2) is 77.0 Å². The normalized spacial score (nSPS) is 33.8. The molecule has 1 aliphatic carbocycles. The van der Waals surface area contributed by atoms with Crippen LogP contribution < -0.4 is 10.6 Å².